The van der Waals surface area contributed by atoms with Gasteiger partial charge in [0, 0.05) is 24.8 Å². The van der Waals surface area contributed by atoms with Gasteiger partial charge in [0.25, 0.3) is 5.91 Å². The Morgan fingerprint density at radius 2 is 2.05 bits per heavy atom. The van der Waals surface area contributed by atoms with Crippen molar-refractivity contribution in [2.24, 2.45) is 0 Å². The molecule has 0 fully saturated rings. The van der Waals surface area contributed by atoms with Crippen LogP contribution in [0.2, 0.25) is 0 Å². The summed E-state index contributed by atoms with van der Waals surface area (Å²) in [7, 11) is 1.53. The van der Waals surface area contributed by atoms with Crippen LogP contribution >= 0.6 is 0 Å². The maximum absolute atomic E-state index is 12.6. The first-order chi connectivity index (χ1) is 9.35. The molecule has 1 aliphatic rings. The van der Waals surface area contributed by atoms with Gasteiger partial charge < -0.3 is 15.3 Å². The fourth-order valence-corrected chi connectivity index (χ4v) is 2.29. The highest BCUT2D eigenvalue weighted by Crippen LogP contribution is 2.27. The van der Waals surface area contributed by atoms with Crippen LogP contribution in [-0.2, 0) is 11.2 Å². The van der Waals surface area contributed by atoms with E-state index in [4.69, 9.17) is 0 Å². The van der Waals surface area contributed by atoms with Gasteiger partial charge in [0.05, 0.1) is 0 Å². The minimum atomic E-state index is -1.23. The lowest BCUT2D eigenvalue weighted by Gasteiger charge is -2.32. The molecule has 20 heavy (non-hydrogen) atoms. The lowest BCUT2D eigenvalue weighted by atomic mass is 9.95. The molecule has 5 nitrogen and oxygen atoms in total. The largest absolute Gasteiger partial charge is 0.480 e. The zero-order valence-corrected chi connectivity index (χ0v) is 12.1. The van der Waals surface area contributed by atoms with Gasteiger partial charge in [0.2, 0.25) is 0 Å². The fraction of sp³-hybridized carbons (Fsp3) is 0.467. The highest BCUT2D eigenvalue weighted by Gasteiger charge is 2.36. The van der Waals surface area contributed by atoms with Gasteiger partial charge in [-0.3, -0.25) is 4.79 Å². The Bertz CT molecular complexity index is 552. The predicted octanol–water partition coefficient (Wildman–Crippen LogP) is 1.98. The van der Waals surface area contributed by atoms with Crippen molar-refractivity contribution < 1.29 is 14.7 Å². The van der Waals surface area contributed by atoms with E-state index < -0.39 is 11.5 Å². The molecule has 1 aromatic rings. The maximum atomic E-state index is 12.6. The van der Waals surface area contributed by atoms with Crippen LogP contribution in [0.5, 0.6) is 0 Å². The van der Waals surface area contributed by atoms with Crippen LogP contribution in [-0.4, -0.2) is 41.0 Å². The second-order valence-electron chi connectivity index (χ2n) is 5.59. The average molecular weight is 276 g/mol. The average Bonchev–Trinajstić information content (AvgIpc) is 2.44. The Hall–Kier alpha value is -2.04. The molecule has 0 bridgehead atoms. The topological polar surface area (TPSA) is 69.6 Å². The predicted molar refractivity (Wildman–Crippen MR) is 77.1 cm³/mol. The lowest BCUT2D eigenvalue weighted by Crippen LogP contribution is -2.51. The minimum Gasteiger partial charge on any atom is -0.480 e. The Labute approximate surface area is 118 Å². The molecule has 0 spiro atoms. The molecule has 0 radical (unpaired) electrons. The molecule has 1 aromatic carbocycles. The van der Waals surface area contributed by atoms with E-state index in [1.54, 1.807) is 6.07 Å². The number of rotatable bonds is 3. The van der Waals surface area contributed by atoms with Gasteiger partial charge in [-0.25, -0.2) is 4.79 Å². The molecular weight excluding hydrogens is 256 g/mol. The quantitative estimate of drug-likeness (QED) is 0.885. The summed E-state index contributed by atoms with van der Waals surface area (Å²) < 4.78 is 0. The second-order valence-corrected chi connectivity index (χ2v) is 5.59. The molecule has 0 saturated heterocycles. The highest BCUT2D eigenvalue weighted by molar-refractivity contribution is 5.99. The van der Waals surface area contributed by atoms with Crippen LogP contribution < -0.4 is 5.32 Å². The highest BCUT2D eigenvalue weighted by atomic mass is 16.4. The van der Waals surface area contributed by atoms with Crippen LogP contribution in [0.15, 0.2) is 18.2 Å². The van der Waals surface area contributed by atoms with Crippen molar-refractivity contribution >= 4 is 17.6 Å². The van der Waals surface area contributed by atoms with Crippen molar-refractivity contribution in [3.05, 3.63) is 29.3 Å². The van der Waals surface area contributed by atoms with E-state index in [-0.39, 0.29) is 5.91 Å². The smallest absolute Gasteiger partial charge is 0.329 e. The Kier molecular flexibility index (Phi) is 3.70. The van der Waals surface area contributed by atoms with Crippen molar-refractivity contribution in [3.63, 3.8) is 0 Å². The molecule has 2 rings (SSSR count). The van der Waals surface area contributed by atoms with Gasteiger partial charge in [-0.2, -0.15) is 0 Å². The van der Waals surface area contributed by atoms with Crippen LogP contribution in [0, 0.1) is 0 Å². The number of amides is 1. The number of carboxylic acid groups (broad SMARTS) is 1. The van der Waals surface area contributed by atoms with Crippen molar-refractivity contribution in [1.82, 2.24) is 4.90 Å². The fourth-order valence-electron chi connectivity index (χ4n) is 2.29. The number of carbonyl (C=O) groups is 2. The number of anilines is 1. The number of nitrogens with one attached hydrogen (secondary N) is 1. The number of aliphatic carboxylic acids is 1. The van der Waals surface area contributed by atoms with Gasteiger partial charge in [0.15, 0.2) is 0 Å². The molecular formula is C15H20N2O3. The van der Waals surface area contributed by atoms with Gasteiger partial charge in [-0.1, -0.05) is 6.07 Å². The summed E-state index contributed by atoms with van der Waals surface area (Å²) >= 11 is 0. The minimum absolute atomic E-state index is 0.252. The number of carboxylic acids is 1. The zero-order chi connectivity index (χ0) is 14.9. The van der Waals surface area contributed by atoms with Crippen molar-refractivity contribution in [3.8, 4) is 0 Å². The number of fused-ring (bicyclic) bond motifs is 1. The third-order valence-corrected chi connectivity index (χ3v) is 3.99. The summed E-state index contributed by atoms with van der Waals surface area (Å²) in [5.41, 5.74) is 1.31. The molecule has 0 aliphatic carbocycles. The van der Waals surface area contributed by atoms with Crippen molar-refractivity contribution in [2.75, 3.05) is 18.9 Å². The van der Waals surface area contributed by atoms with Crippen LogP contribution in [0.4, 0.5) is 5.69 Å². The first-order valence-corrected chi connectivity index (χ1v) is 6.73. The van der Waals surface area contributed by atoms with E-state index in [0.717, 1.165) is 30.6 Å². The number of nitrogens with zero attached hydrogens (tertiary/aromatic N) is 1. The van der Waals surface area contributed by atoms with Gasteiger partial charge in [0.1, 0.15) is 5.54 Å². The van der Waals surface area contributed by atoms with E-state index in [2.05, 4.69) is 5.32 Å². The third kappa shape index (κ3) is 2.35. The zero-order valence-electron chi connectivity index (χ0n) is 12.1. The number of likely N-dealkylation sites (N-methyl/N-ethyl adjacent to an activating group) is 1. The van der Waals surface area contributed by atoms with Gasteiger partial charge >= 0.3 is 5.97 Å². The van der Waals surface area contributed by atoms with Crippen LogP contribution in [0.3, 0.4) is 0 Å². The summed E-state index contributed by atoms with van der Waals surface area (Å²) in [6, 6.07) is 5.54. The van der Waals surface area contributed by atoms with E-state index in [1.165, 1.54) is 25.8 Å². The van der Waals surface area contributed by atoms with E-state index in [0.29, 0.717) is 5.56 Å². The van der Waals surface area contributed by atoms with E-state index >= 15 is 0 Å². The molecule has 1 amide bonds. The van der Waals surface area contributed by atoms with Gasteiger partial charge in [-0.15, -0.1) is 0 Å². The van der Waals surface area contributed by atoms with Crippen LogP contribution in [0.1, 0.15) is 36.2 Å². The monoisotopic (exact) mass is 276 g/mol. The Balaban J connectivity index is 2.37. The molecule has 108 valence electrons. The van der Waals surface area contributed by atoms with Crippen molar-refractivity contribution in [2.45, 2.75) is 32.2 Å². The van der Waals surface area contributed by atoms with E-state index in [9.17, 15) is 14.7 Å². The van der Waals surface area contributed by atoms with Gasteiger partial charge in [-0.05, 0) is 44.4 Å². The summed E-state index contributed by atoms with van der Waals surface area (Å²) in [6.07, 6.45) is 1.81. The molecule has 1 heterocycles. The summed E-state index contributed by atoms with van der Waals surface area (Å²) in [5, 5.41) is 12.5. The molecule has 2 N–H and O–H groups in total. The van der Waals surface area contributed by atoms with Crippen LogP contribution in [0.25, 0.3) is 0 Å². The maximum Gasteiger partial charge on any atom is 0.329 e. The SMILES string of the molecule is CN(C(=O)c1cccc2c1CCCN2)C(C)(C)C(=O)O. The number of benzene rings is 1. The number of hydrogen-bond donors (Lipinski definition) is 2. The first-order valence-electron chi connectivity index (χ1n) is 6.73. The molecule has 0 atom stereocenters. The Morgan fingerprint density at radius 3 is 2.70 bits per heavy atom. The number of carbonyl (C=O) groups excluding carboxylic acids is 1. The molecule has 0 saturated carbocycles. The summed E-state index contributed by atoms with van der Waals surface area (Å²) in [6.45, 7) is 3.96. The third-order valence-electron chi connectivity index (χ3n) is 3.99. The molecule has 1 aliphatic heterocycles. The molecule has 0 unspecified atom stereocenters. The lowest BCUT2D eigenvalue weighted by molar-refractivity contribution is -0.147. The summed E-state index contributed by atoms with van der Waals surface area (Å²) in [5.74, 6) is -1.27. The van der Waals surface area contributed by atoms with Crippen molar-refractivity contribution in [1.29, 1.82) is 0 Å². The first kappa shape index (κ1) is 14.4. The normalized spacial score (nSPS) is 14.2. The molecule has 0 aromatic heterocycles. The Morgan fingerprint density at radius 1 is 1.35 bits per heavy atom. The molecule has 5 heteroatoms. The number of hydrogen-bond acceptors (Lipinski definition) is 3. The van der Waals surface area contributed by atoms with E-state index in [1.807, 2.05) is 12.1 Å². The standard InChI is InChI=1S/C15H20N2O3/c1-15(2,14(19)20)17(3)13(18)11-6-4-8-12-10(11)7-5-9-16-12/h4,6,8,16H,5,7,9H2,1-3H3,(H,19,20). The second kappa shape index (κ2) is 5.15. The summed E-state index contributed by atoms with van der Waals surface area (Å²) in [4.78, 5) is 25.2.